The van der Waals surface area contributed by atoms with E-state index in [1.165, 1.54) is 0 Å². The van der Waals surface area contributed by atoms with Crippen LogP contribution in [-0.4, -0.2) is 43.7 Å². The molecular formula is C23H27N3O3. The lowest BCUT2D eigenvalue weighted by Gasteiger charge is -2.31. The number of benzene rings is 2. The monoisotopic (exact) mass is 393 g/mol. The zero-order valence-electron chi connectivity index (χ0n) is 17.1. The van der Waals surface area contributed by atoms with Gasteiger partial charge in [-0.25, -0.2) is 4.98 Å². The van der Waals surface area contributed by atoms with Crippen LogP contribution >= 0.6 is 0 Å². The maximum absolute atomic E-state index is 13.1. The van der Waals surface area contributed by atoms with E-state index >= 15 is 0 Å². The quantitative estimate of drug-likeness (QED) is 0.696. The molecule has 1 aromatic heterocycles. The highest BCUT2D eigenvalue weighted by Gasteiger charge is 2.28. The van der Waals surface area contributed by atoms with E-state index in [9.17, 15) is 15.0 Å². The van der Waals surface area contributed by atoms with Gasteiger partial charge in [0.2, 0.25) is 0 Å². The Labute approximate surface area is 170 Å². The van der Waals surface area contributed by atoms with Crippen molar-refractivity contribution >= 4 is 16.9 Å². The highest BCUT2D eigenvalue weighted by molar-refractivity contribution is 6.01. The second kappa shape index (κ2) is 7.52. The lowest BCUT2D eigenvalue weighted by Crippen LogP contribution is -2.42. The summed E-state index contributed by atoms with van der Waals surface area (Å²) >= 11 is 0. The second-order valence-corrected chi connectivity index (χ2v) is 7.89. The molecular weight excluding hydrogens is 366 g/mol. The molecule has 1 atom stereocenters. The Morgan fingerprint density at radius 1 is 1.24 bits per heavy atom. The number of carbonyl (C=O) groups is 1. The Morgan fingerprint density at radius 3 is 2.62 bits per heavy atom. The summed E-state index contributed by atoms with van der Waals surface area (Å²) in [5, 5.41) is 21.7. The third kappa shape index (κ3) is 3.38. The van der Waals surface area contributed by atoms with E-state index in [1.54, 1.807) is 4.90 Å². The van der Waals surface area contributed by atoms with Crippen LogP contribution < -0.4 is 0 Å². The molecule has 0 spiro atoms. The van der Waals surface area contributed by atoms with E-state index in [-0.39, 0.29) is 11.7 Å². The number of aromatic hydroxyl groups is 1. The van der Waals surface area contributed by atoms with Crippen LogP contribution in [0.3, 0.4) is 0 Å². The van der Waals surface area contributed by atoms with E-state index in [4.69, 9.17) is 0 Å². The van der Waals surface area contributed by atoms with Crippen molar-refractivity contribution in [3.8, 4) is 5.75 Å². The minimum absolute atomic E-state index is 0.0482. The number of aliphatic hydroxyl groups is 1. The highest BCUT2D eigenvalue weighted by Crippen LogP contribution is 2.35. The maximum atomic E-state index is 13.1. The van der Waals surface area contributed by atoms with Crippen molar-refractivity contribution in [2.24, 2.45) is 7.05 Å². The SMILES string of the molecule is Cc1ccccc1[C@H](O)CCc1c(C(=O)N2CCC2)cc2c(nc(C)n2C)c1O. The molecule has 152 valence electrons. The first-order valence-corrected chi connectivity index (χ1v) is 10.1. The molecule has 1 aliphatic heterocycles. The molecule has 1 amide bonds. The third-order valence-electron chi connectivity index (χ3n) is 6.07. The molecule has 29 heavy (non-hydrogen) atoms. The number of aryl methyl sites for hydroxylation is 3. The van der Waals surface area contributed by atoms with Gasteiger partial charge in [0, 0.05) is 31.3 Å². The number of phenolic OH excluding ortho intramolecular Hbond substituents is 1. The summed E-state index contributed by atoms with van der Waals surface area (Å²) in [5.41, 5.74) is 4.22. The number of aliphatic hydroxyl groups excluding tert-OH is 1. The summed E-state index contributed by atoms with van der Waals surface area (Å²) in [6.07, 6.45) is 1.15. The highest BCUT2D eigenvalue weighted by atomic mass is 16.3. The second-order valence-electron chi connectivity index (χ2n) is 7.89. The number of aromatic nitrogens is 2. The van der Waals surface area contributed by atoms with Gasteiger partial charge in [0.1, 0.15) is 17.1 Å². The summed E-state index contributed by atoms with van der Waals surface area (Å²) in [4.78, 5) is 19.3. The fourth-order valence-electron chi connectivity index (χ4n) is 3.99. The van der Waals surface area contributed by atoms with E-state index in [0.29, 0.717) is 29.5 Å². The van der Waals surface area contributed by atoms with Gasteiger partial charge in [0.05, 0.1) is 11.6 Å². The molecule has 2 aromatic carbocycles. The average molecular weight is 393 g/mol. The smallest absolute Gasteiger partial charge is 0.254 e. The van der Waals surface area contributed by atoms with Crippen LogP contribution in [0.1, 0.15) is 51.8 Å². The van der Waals surface area contributed by atoms with Crippen molar-refractivity contribution in [3.63, 3.8) is 0 Å². The first-order valence-electron chi connectivity index (χ1n) is 10.1. The molecule has 6 heteroatoms. The van der Waals surface area contributed by atoms with Crippen molar-refractivity contribution < 1.29 is 15.0 Å². The standard InChI is InChI=1S/C23H27N3O3/c1-14-7-4-5-8-16(14)20(27)10-9-17-18(23(29)26-11-6-12-26)13-19-21(22(17)28)24-15(2)25(19)3/h4-5,7-8,13,20,27-28H,6,9-12H2,1-3H3/t20-/m1/s1. The van der Waals surface area contributed by atoms with Crippen LogP contribution in [0.5, 0.6) is 5.75 Å². The number of hydrogen-bond donors (Lipinski definition) is 2. The van der Waals surface area contributed by atoms with Gasteiger partial charge in [-0.05, 0) is 50.3 Å². The first kappa shape index (κ1) is 19.5. The molecule has 4 rings (SSSR count). The average Bonchev–Trinajstić information content (AvgIpc) is 2.94. The molecule has 1 saturated heterocycles. The van der Waals surface area contributed by atoms with Crippen LogP contribution in [0.4, 0.5) is 0 Å². The minimum Gasteiger partial charge on any atom is -0.505 e. The van der Waals surface area contributed by atoms with Gasteiger partial charge in [-0.1, -0.05) is 24.3 Å². The van der Waals surface area contributed by atoms with Crippen molar-refractivity contribution in [1.82, 2.24) is 14.5 Å². The Hall–Kier alpha value is -2.86. The molecule has 0 radical (unpaired) electrons. The Morgan fingerprint density at radius 2 is 1.97 bits per heavy atom. The number of rotatable bonds is 5. The largest absolute Gasteiger partial charge is 0.505 e. The van der Waals surface area contributed by atoms with Crippen LogP contribution in [-0.2, 0) is 13.5 Å². The Kier molecular flexibility index (Phi) is 5.04. The molecule has 0 saturated carbocycles. The number of likely N-dealkylation sites (tertiary alicyclic amines) is 1. The predicted molar refractivity (Wildman–Crippen MR) is 112 cm³/mol. The predicted octanol–water partition coefficient (Wildman–Crippen LogP) is 3.41. The zero-order valence-corrected chi connectivity index (χ0v) is 17.1. The van der Waals surface area contributed by atoms with Crippen molar-refractivity contribution in [1.29, 1.82) is 0 Å². The molecule has 0 aliphatic carbocycles. The third-order valence-corrected chi connectivity index (χ3v) is 6.07. The van der Waals surface area contributed by atoms with E-state index in [0.717, 1.165) is 42.0 Å². The molecule has 6 nitrogen and oxygen atoms in total. The van der Waals surface area contributed by atoms with Gasteiger partial charge in [0.25, 0.3) is 5.91 Å². The maximum Gasteiger partial charge on any atom is 0.254 e. The minimum atomic E-state index is -0.663. The van der Waals surface area contributed by atoms with Crippen molar-refractivity contribution in [2.75, 3.05) is 13.1 Å². The summed E-state index contributed by atoms with van der Waals surface area (Å²) in [7, 11) is 1.88. The number of fused-ring (bicyclic) bond motifs is 1. The fraction of sp³-hybridized carbons (Fsp3) is 0.391. The van der Waals surface area contributed by atoms with Gasteiger partial charge in [-0.15, -0.1) is 0 Å². The van der Waals surface area contributed by atoms with Gasteiger partial charge in [-0.2, -0.15) is 0 Å². The molecule has 2 heterocycles. The number of phenols is 1. The molecule has 3 aromatic rings. The van der Waals surface area contributed by atoms with Gasteiger partial charge in [0.15, 0.2) is 0 Å². The normalized spacial score (nSPS) is 14.8. The van der Waals surface area contributed by atoms with Gasteiger partial charge in [-0.3, -0.25) is 4.79 Å². The van der Waals surface area contributed by atoms with Crippen LogP contribution in [0.25, 0.3) is 11.0 Å². The van der Waals surface area contributed by atoms with Crippen molar-refractivity contribution in [2.45, 2.75) is 39.2 Å². The van der Waals surface area contributed by atoms with Crippen LogP contribution in [0.2, 0.25) is 0 Å². The van der Waals surface area contributed by atoms with E-state index in [2.05, 4.69) is 4.98 Å². The summed E-state index contributed by atoms with van der Waals surface area (Å²) in [6.45, 7) is 5.33. The summed E-state index contributed by atoms with van der Waals surface area (Å²) in [6, 6.07) is 9.57. The van der Waals surface area contributed by atoms with Gasteiger partial charge >= 0.3 is 0 Å². The topological polar surface area (TPSA) is 78.6 Å². The van der Waals surface area contributed by atoms with Crippen LogP contribution in [0, 0.1) is 13.8 Å². The molecule has 1 fully saturated rings. The van der Waals surface area contributed by atoms with E-state index in [1.807, 2.05) is 55.8 Å². The molecule has 1 aliphatic rings. The zero-order chi connectivity index (χ0) is 20.7. The lowest BCUT2D eigenvalue weighted by molar-refractivity contribution is 0.0649. The van der Waals surface area contributed by atoms with Gasteiger partial charge < -0.3 is 19.7 Å². The number of carbonyl (C=O) groups excluding carboxylic acids is 1. The fourth-order valence-corrected chi connectivity index (χ4v) is 3.99. The van der Waals surface area contributed by atoms with Crippen LogP contribution in [0.15, 0.2) is 30.3 Å². The molecule has 2 N–H and O–H groups in total. The Bertz CT molecular complexity index is 1080. The molecule has 0 bridgehead atoms. The summed E-state index contributed by atoms with van der Waals surface area (Å²) < 4.78 is 1.88. The number of amides is 1. The number of nitrogens with zero attached hydrogens (tertiary/aromatic N) is 3. The van der Waals surface area contributed by atoms with Crippen molar-refractivity contribution in [3.05, 3.63) is 58.4 Å². The first-order chi connectivity index (χ1) is 13.9. The Balaban J connectivity index is 1.72. The molecule has 0 unspecified atom stereocenters. The number of hydrogen-bond acceptors (Lipinski definition) is 4. The lowest BCUT2D eigenvalue weighted by atomic mass is 9.94. The van der Waals surface area contributed by atoms with E-state index < -0.39 is 6.10 Å². The number of imidazole rings is 1. The summed E-state index contributed by atoms with van der Waals surface area (Å²) in [5.74, 6) is 0.759.